The average Bonchev–Trinajstić information content (AvgIpc) is 3.36. The van der Waals surface area contributed by atoms with E-state index in [1.165, 1.54) is 24.8 Å². The Bertz CT molecular complexity index is 468. The van der Waals surface area contributed by atoms with Crippen molar-refractivity contribution in [1.82, 2.24) is 10.2 Å². The number of ether oxygens (including phenoxy) is 2. The third-order valence-electron chi connectivity index (χ3n) is 4.64. The molecular weight excluding hydrogens is 264 g/mol. The van der Waals surface area contributed by atoms with E-state index in [-0.39, 0.29) is 0 Å². The van der Waals surface area contributed by atoms with Gasteiger partial charge in [0.05, 0.1) is 14.2 Å². The third-order valence-corrected chi connectivity index (χ3v) is 4.64. The van der Waals surface area contributed by atoms with Crippen LogP contribution in [0.1, 0.15) is 30.9 Å². The quantitative estimate of drug-likeness (QED) is 0.872. The van der Waals surface area contributed by atoms with Crippen LogP contribution in [0.3, 0.4) is 0 Å². The molecule has 0 amide bonds. The Hall–Kier alpha value is -1.26. The summed E-state index contributed by atoms with van der Waals surface area (Å²) in [5, 5.41) is 3.44. The number of hydrogen-bond acceptors (Lipinski definition) is 4. The van der Waals surface area contributed by atoms with Crippen molar-refractivity contribution < 1.29 is 9.47 Å². The molecule has 1 aliphatic carbocycles. The minimum absolute atomic E-state index is 0.449. The van der Waals surface area contributed by atoms with Gasteiger partial charge in [0.15, 0.2) is 11.5 Å². The molecule has 1 aromatic rings. The molecule has 1 heterocycles. The molecular formula is C17H26N2O2. The van der Waals surface area contributed by atoms with Crippen LogP contribution in [0.2, 0.25) is 0 Å². The van der Waals surface area contributed by atoms with Crippen molar-refractivity contribution >= 4 is 0 Å². The van der Waals surface area contributed by atoms with Crippen molar-refractivity contribution in [2.45, 2.75) is 25.3 Å². The Morgan fingerprint density at radius 1 is 1.19 bits per heavy atom. The molecule has 2 aliphatic rings. The van der Waals surface area contributed by atoms with Crippen LogP contribution in [0.15, 0.2) is 18.2 Å². The van der Waals surface area contributed by atoms with Gasteiger partial charge in [-0.2, -0.15) is 0 Å². The lowest BCUT2D eigenvalue weighted by Gasteiger charge is -2.36. The summed E-state index contributed by atoms with van der Waals surface area (Å²) in [6, 6.07) is 6.72. The molecule has 3 rings (SSSR count). The Kier molecular flexibility index (Phi) is 4.66. The fourth-order valence-corrected chi connectivity index (χ4v) is 3.31. The fraction of sp³-hybridized carbons (Fsp3) is 0.647. The molecule has 0 spiro atoms. The van der Waals surface area contributed by atoms with Crippen molar-refractivity contribution in [3.05, 3.63) is 23.8 Å². The largest absolute Gasteiger partial charge is 0.493 e. The highest BCUT2D eigenvalue weighted by Gasteiger charge is 2.32. The number of methoxy groups -OCH3 is 2. The maximum atomic E-state index is 5.67. The van der Waals surface area contributed by atoms with Crippen molar-refractivity contribution in [3.8, 4) is 11.5 Å². The number of rotatable bonds is 6. The lowest BCUT2D eigenvalue weighted by atomic mass is 9.97. The second-order valence-corrected chi connectivity index (χ2v) is 6.06. The second kappa shape index (κ2) is 6.67. The molecule has 0 radical (unpaired) electrons. The van der Waals surface area contributed by atoms with Gasteiger partial charge in [0.1, 0.15) is 0 Å². The second-order valence-electron chi connectivity index (χ2n) is 6.06. The first-order chi connectivity index (χ1) is 10.3. The molecule has 0 aromatic heterocycles. The number of nitrogens with zero attached hydrogens (tertiary/aromatic N) is 1. The van der Waals surface area contributed by atoms with E-state index >= 15 is 0 Å². The zero-order valence-corrected chi connectivity index (χ0v) is 13.1. The van der Waals surface area contributed by atoms with Crippen LogP contribution in [-0.2, 0) is 0 Å². The van der Waals surface area contributed by atoms with Gasteiger partial charge in [-0.1, -0.05) is 25.0 Å². The van der Waals surface area contributed by atoms with Gasteiger partial charge in [-0.3, -0.25) is 4.90 Å². The molecule has 21 heavy (non-hydrogen) atoms. The van der Waals surface area contributed by atoms with Gasteiger partial charge in [-0.25, -0.2) is 0 Å². The molecule has 4 heteroatoms. The Morgan fingerprint density at radius 2 is 1.95 bits per heavy atom. The fourth-order valence-electron chi connectivity index (χ4n) is 3.31. The van der Waals surface area contributed by atoms with E-state index in [0.717, 1.165) is 43.6 Å². The highest BCUT2D eigenvalue weighted by molar-refractivity contribution is 5.48. The highest BCUT2D eigenvalue weighted by Crippen LogP contribution is 2.44. The van der Waals surface area contributed by atoms with E-state index in [2.05, 4.69) is 22.3 Å². The average molecular weight is 290 g/mol. The van der Waals surface area contributed by atoms with Crippen LogP contribution in [0.4, 0.5) is 0 Å². The molecule has 116 valence electrons. The molecule has 4 nitrogen and oxygen atoms in total. The topological polar surface area (TPSA) is 33.7 Å². The van der Waals surface area contributed by atoms with Gasteiger partial charge in [0.2, 0.25) is 0 Å². The van der Waals surface area contributed by atoms with E-state index in [0.29, 0.717) is 6.04 Å². The smallest absolute Gasteiger partial charge is 0.165 e. The van der Waals surface area contributed by atoms with E-state index in [1.54, 1.807) is 14.2 Å². The van der Waals surface area contributed by atoms with Crippen LogP contribution in [0.5, 0.6) is 11.5 Å². The standard InChI is InChI=1S/C17H26N2O2/c1-20-16-5-3-4-14(17(16)21-2)15(12-13-6-7-13)19-10-8-18-9-11-19/h3-5,13,15,18H,6-12H2,1-2H3/t15-/m0/s1. The predicted molar refractivity (Wildman–Crippen MR) is 84.1 cm³/mol. The number of benzene rings is 1. The molecule has 0 bridgehead atoms. The maximum Gasteiger partial charge on any atom is 0.165 e. The molecule has 1 saturated carbocycles. The minimum Gasteiger partial charge on any atom is -0.493 e. The van der Waals surface area contributed by atoms with Crippen molar-refractivity contribution in [2.24, 2.45) is 5.92 Å². The Morgan fingerprint density at radius 3 is 2.57 bits per heavy atom. The van der Waals surface area contributed by atoms with E-state index < -0.39 is 0 Å². The predicted octanol–water partition coefficient (Wildman–Crippen LogP) is 2.45. The summed E-state index contributed by atoms with van der Waals surface area (Å²) < 4.78 is 11.2. The van der Waals surface area contributed by atoms with Gasteiger partial charge >= 0.3 is 0 Å². The van der Waals surface area contributed by atoms with Crippen LogP contribution in [0.25, 0.3) is 0 Å². The van der Waals surface area contributed by atoms with Crippen molar-refractivity contribution in [3.63, 3.8) is 0 Å². The molecule has 1 N–H and O–H groups in total. The van der Waals surface area contributed by atoms with E-state index in [4.69, 9.17) is 9.47 Å². The normalized spacial score (nSPS) is 21.0. The van der Waals surface area contributed by atoms with Gasteiger partial charge in [0.25, 0.3) is 0 Å². The van der Waals surface area contributed by atoms with Crippen LogP contribution >= 0.6 is 0 Å². The minimum atomic E-state index is 0.449. The zero-order valence-electron chi connectivity index (χ0n) is 13.1. The van der Waals surface area contributed by atoms with Crippen LogP contribution in [-0.4, -0.2) is 45.3 Å². The van der Waals surface area contributed by atoms with Crippen LogP contribution < -0.4 is 14.8 Å². The SMILES string of the molecule is COc1cccc([C@H](CC2CC2)N2CCNCC2)c1OC. The van der Waals surface area contributed by atoms with Gasteiger partial charge < -0.3 is 14.8 Å². The Labute approximate surface area is 127 Å². The summed E-state index contributed by atoms with van der Waals surface area (Å²) in [4.78, 5) is 2.60. The summed E-state index contributed by atoms with van der Waals surface area (Å²) in [6.45, 7) is 4.37. The van der Waals surface area contributed by atoms with Crippen molar-refractivity contribution in [1.29, 1.82) is 0 Å². The Balaban J connectivity index is 1.90. The summed E-state index contributed by atoms with van der Waals surface area (Å²) in [5.41, 5.74) is 1.28. The summed E-state index contributed by atoms with van der Waals surface area (Å²) in [5.74, 6) is 2.64. The molecule has 1 aromatic carbocycles. The van der Waals surface area contributed by atoms with Gasteiger partial charge in [0, 0.05) is 37.8 Å². The summed E-state index contributed by atoms with van der Waals surface area (Å²) in [6.07, 6.45) is 4.01. The molecule has 1 atom stereocenters. The lowest BCUT2D eigenvalue weighted by Crippen LogP contribution is -2.45. The number of para-hydroxylation sites is 1. The van der Waals surface area contributed by atoms with E-state index in [9.17, 15) is 0 Å². The summed E-state index contributed by atoms with van der Waals surface area (Å²) >= 11 is 0. The lowest BCUT2D eigenvalue weighted by molar-refractivity contribution is 0.157. The zero-order chi connectivity index (χ0) is 14.7. The third kappa shape index (κ3) is 3.33. The molecule has 1 aliphatic heterocycles. The van der Waals surface area contributed by atoms with E-state index in [1.807, 2.05) is 6.07 Å². The van der Waals surface area contributed by atoms with Gasteiger partial charge in [-0.15, -0.1) is 0 Å². The van der Waals surface area contributed by atoms with Gasteiger partial charge in [-0.05, 0) is 18.4 Å². The number of nitrogens with one attached hydrogen (secondary N) is 1. The van der Waals surface area contributed by atoms with Crippen LogP contribution in [0, 0.1) is 5.92 Å². The van der Waals surface area contributed by atoms with Crippen molar-refractivity contribution in [2.75, 3.05) is 40.4 Å². The monoisotopic (exact) mass is 290 g/mol. The number of piperazine rings is 1. The first-order valence-electron chi connectivity index (χ1n) is 7.99. The first-order valence-corrected chi connectivity index (χ1v) is 7.99. The molecule has 0 unspecified atom stereocenters. The molecule has 2 fully saturated rings. The summed E-state index contributed by atoms with van der Waals surface area (Å²) in [7, 11) is 3.45. The first kappa shape index (κ1) is 14.7. The highest BCUT2D eigenvalue weighted by atomic mass is 16.5. The number of hydrogen-bond donors (Lipinski definition) is 1. The molecule has 1 saturated heterocycles. The maximum absolute atomic E-state index is 5.67.